The van der Waals surface area contributed by atoms with Gasteiger partial charge in [-0.15, -0.1) is 11.6 Å². The fourth-order valence-corrected chi connectivity index (χ4v) is 2.66. The van der Waals surface area contributed by atoms with Crippen LogP contribution in [0.15, 0.2) is 18.2 Å². The Hall–Kier alpha value is -0.440. The fourth-order valence-electron chi connectivity index (χ4n) is 1.21. The summed E-state index contributed by atoms with van der Waals surface area (Å²) in [5, 5.41) is 11.1. The summed E-state index contributed by atoms with van der Waals surface area (Å²) in [7, 11) is 0. The van der Waals surface area contributed by atoms with Crippen molar-refractivity contribution in [3.8, 4) is 5.06 Å². The van der Waals surface area contributed by atoms with Crippen LogP contribution in [-0.2, 0) is 5.88 Å². The number of hydrogen-bond acceptors (Lipinski definition) is 2. The van der Waals surface area contributed by atoms with Crippen molar-refractivity contribution in [1.82, 2.24) is 0 Å². The summed E-state index contributed by atoms with van der Waals surface area (Å²) in [5.41, 5.74) is 0.897. The number of aromatic hydroxyl groups is 1. The van der Waals surface area contributed by atoms with Gasteiger partial charge in [-0.2, -0.15) is 0 Å². The molecule has 0 spiro atoms. The monoisotopic (exact) mass is 232 g/mol. The van der Waals surface area contributed by atoms with Crippen molar-refractivity contribution in [2.24, 2.45) is 0 Å². The van der Waals surface area contributed by atoms with E-state index in [4.69, 9.17) is 23.2 Å². The van der Waals surface area contributed by atoms with Gasteiger partial charge in [0.1, 0.15) is 0 Å². The Kier molecular flexibility index (Phi) is 2.37. The van der Waals surface area contributed by atoms with Gasteiger partial charge >= 0.3 is 0 Å². The molecule has 0 saturated carbocycles. The Morgan fingerprint density at radius 3 is 2.85 bits per heavy atom. The summed E-state index contributed by atoms with van der Waals surface area (Å²) in [6.07, 6.45) is 0. The molecule has 0 atom stereocenters. The molecule has 2 rings (SSSR count). The Bertz CT molecular complexity index is 450. The molecule has 0 amide bonds. The average molecular weight is 233 g/mol. The SMILES string of the molecule is Oc1cc2c(Cl)c(CCl)ccc2s1. The van der Waals surface area contributed by atoms with Crippen LogP contribution in [-0.4, -0.2) is 5.11 Å². The smallest absolute Gasteiger partial charge is 0.172 e. The molecule has 0 aliphatic heterocycles. The van der Waals surface area contributed by atoms with E-state index in [-0.39, 0.29) is 5.06 Å². The van der Waals surface area contributed by atoms with E-state index in [9.17, 15) is 5.11 Å². The minimum Gasteiger partial charge on any atom is -0.499 e. The molecule has 0 aliphatic carbocycles. The standard InChI is InChI=1S/C9H6Cl2OS/c10-4-5-1-2-7-6(9(5)11)3-8(12)13-7/h1-3,12H,4H2. The van der Waals surface area contributed by atoms with Gasteiger partial charge in [-0.25, -0.2) is 0 Å². The molecule has 1 nitrogen and oxygen atoms in total. The summed E-state index contributed by atoms with van der Waals surface area (Å²) < 4.78 is 0.983. The lowest BCUT2D eigenvalue weighted by molar-refractivity contribution is 0.491. The van der Waals surface area contributed by atoms with Crippen LogP contribution in [0.3, 0.4) is 0 Å². The van der Waals surface area contributed by atoms with E-state index < -0.39 is 0 Å². The molecule has 1 heterocycles. The van der Waals surface area contributed by atoms with E-state index in [1.54, 1.807) is 6.07 Å². The quantitative estimate of drug-likeness (QED) is 0.738. The lowest BCUT2D eigenvalue weighted by Gasteiger charge is -1.99. The molecule has 0 aliphatic rings. The second-order valence-corrected chi connectivity index (χ2v) is 4.38. The van der Waals surface area contributed by atoms with Crippen molar-refractivity contribution >= 4 is 44.6 Å². The van der Waals surface area contributed by atoms with E-state index in [1.165, 1.54) is 11.3 Å². The van der Waals surface area contributed by atoms with Gasteiger partial charge in [0.2, 0.25) is 0 Å². The maximum Gasteiger partial charge on any atom is 0.172 e. The van der Waals surface area contributed by atoms with Crippen LogP contribution >= 0.6 is 34.5 Å². The average Bonchev–Trinajstić information content (AvgIpc) is 2.47. The van der Waals surface area contributed by atoms with Crippen LogP contribution in [0.25, 0.3) is 10.1 Å². The molecule has 0 bridgehead atoms. The third-order valence-electron chi connectivity index (χ3n) is 1.85. The summed E-state index contributed by atoms with van der Waals surface area (Å²) >= 11 is 13.1. The maximum atomic E-state index is 9.27. The molecule has 0 radical (unpaired) electrons. The maximum absolute atomic E-state index is 9.27. The number of rotatable bonds is 1. The Morgan fingerprint density at radius 1 is 1.38 bits per heavy atom. The number of halogens is 2. The van der Waals surface area contributed by atoms with Crippen LogP contribution in [0.5, 0.6) is 5.06 Å². The first kappa shape index (κ1) is 9.13. The minimum atomic E-state index is 0.281. The zero-order chi connectivity index (χ0) is 9.42. The van der Waals surface area contributed by atoms with E-state index in [0.717, 1.165) is 15.6 Å². The lowest BCUT2D eigenvalue weighted by Crippen LogP contribution is -1.78. The molecule has 13 heavy (non-hydrogen) atoms. The van der Waals surface area contributed by atoms with Crippen LogP contribution in [0.1, 0.15) is 5.56 Å². The lowest BCUT2D eigenvalue weighted by atomic mass is 10.2. The highest BCUT2D eigenvalue weighted by molar-refractivity contribution is 7.20. The van der Waals surface area contributed by atoms with Gasteiger partial charge in [0.25, 0.3) is 0 Å². The van der Waals surface area contributed by atoms with E-state index in [1.807, 2.05) is 12.1 Å². The summed E-state index contributed by atoms with van der Waals surface area (Å²) in [4.78, 5) is 0. The second-order valence-electron chi connectivity index (χ2n) is 2.67. The van der Waals surface area contributed by atoms with E-state index in [0.29, 0.717) is 10.9 Å². The Morgan fingerprint density at radius 2 is 2.15 bits per heavy atom. The van der Waals surface area contributed by atoms with Crippen molar-refractivity contribution < 1.29 is 5.11 Å². The van der Waals surface area contributed by atoms with E-state index in [2.05, 4.69) is 0 Å². The van der Waals surface area contributed by atoms with Crippen molar-refractivity contribution in [2.75, 3.05) is 0 Å². The number of benzene rings is 1. The number of alkyl halides is 1. The Labute approximate surface area is 89.5 Å². The molecule has 0 saturated heterocycles. The van der Waals surface area contributed by atoms with Crippen LogP contribution in [0, 0.1) is 0 Å². The van der Waals surface area contributed by atoms with Crippen molar-refractivity contribution in [3.63, 3.8) is 0 Å². The predicted octanol–water partition coefficient (Wildman–Crippen LogP) is 4.00. The number of fused-ring (bicyclic) bond motifs is 1. The zero-order valence-corrected chi connectivity index (χ0v) is 8.88. The third-order valence-corrected chi connectivity index (χ3v) is 3.48. The molecule has 4 heteroatoms. The molecular weight excluding hydrogens is 227 g/mol. The molecule has 0 fully saturated rings. The molecule has 68 valence electrons. The van der Waals surface area contributed by atoms with Gasteiger partial charge in [-0.1, -0.05) is 29.0 Å². The first-order valence-corrected chi connectivity index (χ1v) is 5.41. The first-order chi connectivity index (χ1) is 6.22. The van der Waals surface area contributed by atoms with Crippen LogP contribution in [0.2, 0.25) is 5.02 Å². The van der Waals surface area contributed by atoms with Gasteiger partial charge < -0.3 is 5.11 Å². The summed E-state index contributed by atoms with van der Waals surface area (Å²) in [5.74, 6) is 0.394. The summed E-state index contributed by atoms with van der Waals surface area (Å²) in [6.45, 7) is 0. The normalized spacial score (nSPS) is 10.9. The predicted molar refractivity (Wildman–Crippen MR) is 58.1 cm³/mol. The van der Waals surface area contributed by atoms with Crippen LogP contribution < -0.4 is 0 Å². The highest BCUT2D eigenvalue weighted by Gasteiger charge is 2.07. The van der Waals surface area contributed by atoms with Crippen molar-refractivity contribution in [2.45, 2.75) is 5.88 Å². The van der Waals surface area contributed by atoms with Crippen molar-refractivity contribution in [1.29, 1.82) is 0 Å². The highest BCUT2D eigenvalue weighted by atomic mass is 35.5. The molecule has 0 unspecified atom stereocenters. The Balaban J connectivity index is 2.78. The van der Waals surface area contributed by atoms with E-state index >= 15 is 0 Å². The van der Waals surface area contributed by atoms with Gasteiger partial charge in [0, 0.05) is 22.0 Å². The summed E-state index contributed by atoms with van der Waals surface area (Å²) in [6, 6.07) is 5.47. The fraction of sp³-hybridized carbons (Fsp3) is 0.111. The number of thiophene rings is 1. The molecule has 2 aromatic rings. The topological polar surface area (TPSA) is 20.2 Å². The number of hydrogen-bond donors (Lipinski definition) is 1. The molecule has 1 N–H and O–H groups in total. The zero-order valence-electron chi connectivity index (χ0n) is 6.55. The highest BCUT2D eigenvalue weighted by Crippen LogP contribution is 2.36. The van der Waals surface area contributed by atoms with Gasteiger partial charge in [-0.3, -0.25) is 0 Å². The van der Waals surface area contributed by atoms with Crippen molar-refractivity contribution in [3.05, 3.63) is 28.8 Å². The van der Waals surface area contributed by atoms with Crippen LogP contribution in [0.4, 0.5) is 0 Å². The molecule has 1 aromatic carbocycles. The van der Waals surface area contributed by atoms with Gasteiger partial charge in [-0.05, 0) is 11.6 Å². The largest absolute Gasteiger partial charge is 0.499 e. The molecule has 1 aromatic heterocycles. The van der Waals surface area contributed by atoms with Gasteiger partial charge in [0.05, 0.1) is 5.02 Å². The minimum absolute atomic E-state index is 0.281. The molecular formula is C9H6Cl2OS. The third kappa shape index (κ3) is 1.50. The second kappa shape index (κ2) is 3.37. The van der Waals surface area contributed by atoms with Gasteiger partial charge in [0.15, 0.2) is 5.06 Å². The first-order valence-electron chi connectivity index (χ1n) is 3.68.